The molecular weight excluding hydrogens is 232 g/mol. The Kier molecular flexibility index (Phi) is 2.34. The number of rotatable bonds is 0. The Balaban J connectivity index is 2.11. The van der Waals surface area contributed by atoms with Crippen LogP contribution in [-0.2, 0) is 19.4 Å². The van der Waals surface area contributed by atoms with Crippen LogP contribution in [0.3, 0.4) is 0 Å². The first-order valence-electron chi connectivity index (χ1n) is 6.73. The van der Waals surface area contributed by atoms with Crippen LogP contribution in [0, 0.1) is 10.8 Å². The minimum Gasteiger partial charge on any atom is -0.297 e. The fourth-order valence-electron chi connectivity index (χ4n) is 4.26. The van der Waals surface area contributed by atoms with Crippen molar-refractivity contribution in [1.29, 1.82) is 0 Å². The summed E-state index contributed by atoms with van der Waals surface area (Å²) in [6.45, 7) is 6.24. The molecule has 0 radical (unpaired) electrons. The summed E-state index contributed by atoms with van der Waals surface area (Å²) in [4.78, 5) is 34.8. The summed E-state index contributed by atoms with van der Waals surface area (Å²) in [5, 5.41) is 0. The molecule has 4 nitrogen and oxygen atoms in total. The Labute approximate surface area is 107 Å². The van der Waals surface area contributed by atoms with Gasteiger partial charge >= 0.3 is 0 Å². The molecule has 2 aliphatic carbocycles. The van der Waals surface area contributed by atoms with E-state index in [1.807, 2.05) is 6.92 Å². The van der Waals surface area contributed by atoms with Crippen LogP contribution in [0.1, 0.15) is 52.9 Å². The first kappa shape index (κ1) is 12.3. The van der Waals surface area contributed by atoms with E-state index in [1.165, 1.54) is 0 Å². The Bertz CT molecular complexity index is 428. The maximum atomic E-state index is 12.3. The molecule has 3 fully saturated rings. The molecule has 3 rings (SSSR count). The van der Waals surface area contributed by atoms with E-state index in [-0.39, 0.29) is 22.4 Å². The van der Waals surface area contributed by atoms with Crippen molar-refractivity contribution >= 4 is 11.6 Å². The lowest BCUT2D eigenvalue weighted by atomic mass is 9.45. The van der Waals surface area contributed by atoms with Gasteiger partial charge in [-0.05, 0) is 31.6 Å². The van der Waals surface area contributed by atoms with Gasteiger partial charge in [-0.2, -0.15) is 0 Å². The topological polar surface area (TPSA) is 52.6 Å². The van der Waals surface area contributed by atoms with E-state index in [2.05, 4.69) is 13.8 Å². The van der Waals surface area contributed by atoms with Gasteiger partial charge in [0, 0.05) is 18.3 Å². The number of hydrogen-bond acceptors (Lipinski definition) is 4. The maximum Gasteiger partial charge on any atom is 0.168 e. The van der Waals surface area contributed by atoms with E-state index >= 15 is 0 Å². The standard InChI is InChI=1S/C14H20O4/c1-12(2)6-5-11(16)13(3)14(12)7-4-9(15)10(8-14)17-18-13/h10H,4-8H2,1-3H3/t10-,13+,14-/m0/s1. The van der Waals surface area contributed by atoms with E-state index in [4.69, 9.17) is 9.78 Å². The van der Waals surface area contributed by atoms with Crippen molar-refractivity contribution in [2.45, 2.75) is 64.6 Å². The van der Waals surface area contributed by atoms with Gasteiger partial charge in [0.1, 0.15) is 0 Å². The first-order valence-corrected chi connectivity index (χ1v) is 6.73. The normalized spacial score (nSPS) is 46.7. The molecule has 0 aromatic carbocycles. The SMILES string of the molecule is CC1(C)CCC(=O)[C@@]2(C)OO[C@H]3C[C@@]12CCC3=O. The van der Waals surface area contributed by atoms with Gasteiger partial charge in [0.05, 0.1) is 0 Å². The highest BCUT2D eigenvalue weighted by molar-refractivity contribution is 5.91. The molecule has 18 heavy (non-hydrogen) atoms. The Morgan fingerprint density at radius 1 is 1.11 bits per heavy atom. The van der Waals surface area contributed by atoms with Crippen molar-refractivity contribution in [1.82, 2.24) is 0 Å². The minimum atomic E-state index is -0.883. The molecule has 1 heterocycles. The molecule has 0 aromatic rings. The second-order valence-electron chi connectivity index (χ2n) is 6.76. The molecule has 0 unspecified atom stereocenters. The van der Waals surface area contributed by atoms with Crippen LogP contribution in [0.5, 0.6) is 0 Å². The zero-order valence-electron chi connectivity index (χ0n) is 11.2. The van der Waals surface area contributed by atoms with Crippen molar-refractivity contribution in [2.24, 2.45) is 10.8 Å². The second-order valence-corrected chi connectivity index (χ2v) is 6.76. The molecule has 2 bridgehead atoms. The van der Waals surface area contributed by atoms with E-state index in [0.29, 0.717) is 19.3 Å². The highest BCUT2D eigenvalue weighted by Crippen LogP contribution is 2.64. The zero-order chi connectivity index (χ0) is 13.2. The molecule has 3 atom stereocenters. The Hall–Kier alpha value is -0.740. The summed E-state index contributed by atoms with van der Waals surface area (Å²) in [5.74, 6) is 0.228. The summed E-state index contributed by atoms with van der Waals surface area (Å²) in [5.41, 5.74) is -1.14. The van der Waals surface area contributed by atoms with Crippen LogP contribution >= 0.6 is 0 Å². The molecule has 0 amide bonds. The zero-order valence-corrected chi connectivity index (χ0v) is 11.2. The third-order valence-corrected chi connectivity index (χ3v) is 5.74. The monoisotopic (exact) mass is 252 g/mol. The second kappa shape index (κ2) is 3.42. The number of carbonyl (C=O) groups is 2. The lowest BCUT2D eigenvalue weighted by Crippen LogP contribution is -2.69. The predicted octanol–water partition coefficient (Wildman–Crippen LogP) is 2.20. The van der Waals surface area contributed by atoms with Gasteiger partial charge < -0.3 is 0 Å². The highest BCUT2D eigenvalue weighted by Gasteiger charge is 2.68. The van der Waals surface area contributed by atoms with Crippen LogP contribution in [0.15, 0.2) is 0 Å². The van der Waals surface area contributed by atoms with E-state index in [9.17, 15) is 9.59 Å². The molecular formula is C14H20O4. The van der Waals surface area contributed by atoms with Crippen LogP contribution in [0.2, 0.25) is 0 Å². The fourth-order valence-corrected chi connectivity index (χ4v) is 4.26. The average molecular weight is 252 g/mol. The maximum absolute atomic E-state index is 12.3. The van der Waals surface area contributed by atoms with Gasteiger partial charge in [-0.3, -0.25) is 9.59 Å². The molecule has 1 spiro atoms. The van der Waals surface area contributed by atoms with Crippen molar-refractivity contribution < 1.29 is 19.4 Å². The molecule has 4 heteroatoms. The van der Waals surface area contributed by atoms with Gasteiger partial charge in [0.15, 0.2) is 23.3 Å². The van der Waals surface area contributed by atoms with Gasteiger partial charge in [0.2, 0.25) is 0 Å². The fraction of sp³-hybridized carbons (Fsp3) is 0.857. The average Bonchev–Trinajstić information content (AvgIpc) is 2.33. The smallest absolute Gasteiger partial charge is 0.168 e. The Morgan fingerprint density at radius 3 is 2.56 bits per heavy atom. The highest BCUT2D eigenvalue weighted by atomic mass is 17.2. The van der Waals surface area contributed by atoms with Gasteiger partial charge in [-0.25, -0.2) is 9.78 Å². The first-order chi connectivity index (χ1) is 8.32. The number of ketones is 2. The number of hydrogen-bond donors (Lipinski definition) is 0. The molecule has 3 aliphatic rings. The number of fused-ring (bicyclic) bond motifs is 1. The summed E-state index contributed by atoms with van der Waals surface area (Å²) < 4.78 is 0. The van der Waals surface area contributed by atoms with Crippen LogP contribution in [0.25, 0.3) is 0 Å². The van der Waals surface area contributed by atoms with Crippen LogP contribution in [0.4, 0.5) is 0 Å². The van der Waals surface area contributed by atoms with Crippen molar-refractivity contribution in [2.75, 3.05) is 0 Å². The minimum absolute atomic E-state index is 0.00160. The van der Waals surface area contributed by atoms with Crippen LogP contribution < -0.4 is 0 Å². The molecule has 1 aliphatic heterocycles. The van der Waals surface area contributed by atoms with Crippen molar-refractivity contribution in [3.63, 3.8) is 0 Å². The molecule has 100 valence electrons. The number of Topliss-reactive ketones (excluding diaryl/α,β-unsaturated/α-hetero) is 2. The largest absolute Gasteiger partial charge is 0.297 e. The Morgan fingerprint density at radius 2 is 1.83 bits per heavy atom. The summed E-state index contributed by atoms with van der Waals surface area (Å²) in [6.07, 6.45) is 2.79. The van der Waals surface area contributed by atoms with E-state index in [0.717, 1.165) is 12.8 Å². The lowest BCUT2D eigenvalue weighted by Gasteiger charge is -2.62. The van der Waals surface area contributed by atoms with Gasteiger partial charge in [0.25, 0.3) is 0 Å². The summed E-state index contributed by atoms with van der Waals surface area (Å²) >= 11 is 0. The van der Waals surface area contributed by atoms with Gasteiger partial charge in [-0.1, -0.05) is 13.8 Å². The summed E-state index contributed by atoms with van der Waals surface area (Å²) in [6, 6.07) is 0. The van der Waals surface area contributed by atoms with E-state index in [1.54, 1.807) is 0 Å². The number of carbonyl (C=O) groups excluding carboxylic acids is 2. The lowest BCUT2D eigenvalue weighted by molar-refractivity contribution is -0.435. The van der Waals surface area contributed by atoms with E-state index < -0.39 is 11.7 Å². The van der Waals surface area contributed by atoms with Gasteiger partial charge in [-0.15, -0.1) is 0 Å². The van der Waals surface area contributed by atoms with Crippen molar-refractivity contribution in [3.05, 3.63) is 0 Å². The molecule has 0 N–H and O–H groups in total. The molecule has 2 saturated carbocycles. The third kappa shape index (κ3) is 1.23. The predicted molar refractivity (Wildman–Crippen MR) is 63.7 cm³/mol. The van der Waals surface area contributed by atoms with Crippen LogP contribution in [-0.4, -0.2) is 23.3 Å². The third-order valence-electron chi connectivity index (χ3n) is 5.74. The quantitative estimate of drug-likeness (QED) is 0.620. The summed E-state index contributed by atoms with van der Waals surface area (Å²) in [7, 11) is 0. The molecule has 1 saturated heterocycles. The molecule has 0 aromatic heterocycles. The van der Waals surface area contributed by atoms with Crippen molar-refractivity contribution in [3.8, 4) is 0 Å².